The standard InChI is InChI=1S/C20H19FN4O2/c1-13(2)27-16-9-7-15(8-10-16)24-20-22-11-14(12-23-20)19(26)25-18-6-4-3-5-17(18)21/h3-13H,1-2H3,(H,25,26)(H,22,23,24). The van der Waals surface area contributed by atoms with Gasteiger partial charge in [0.1, 0.15) is 11.6 Å². The minimum atomic E-state index is -0.505. The summed E-state index contributed by atoms with van der Waals surface area (Å²) in [7, 11) is 0. The Hall–Kier alpha value is -3.48. The number of aromatic nitrogens is 2. The zero-order valence-electron chi connectivity index (χ0n) is 14.9. The summed E-state index contributed by atoms with van der Waals surface area (Å²) >= 11 is 0. The average molecular weight is 366 g/mol. The Bertz CT molecular complexity index is 912. The molecule has 0 fully saturated rings. The molecule has 0 atom stereocenters. The molecule has 0 bridgehead atoms. The number of anilines is 3. The van der Waals surface area contributed by atoms with Crippen molar-refractivity contribution in [2.75, 3.05) is 10.6 Å². The van der Waals surface area contributed by atoms with Crippen molar-refractivity contribution in [2.45, 2.75) is 20.0 Å². The predicted octanol–water partition coefficient (Wildman–Crippen LogP) is 4.40. The van der Waals surface area contributed by atoms with Crippen LogP contribution < -0.4 is 15.4 Å². The van der Waals surface area contributed by atoms with Gasteiger partial charge in [0.05, 0.1) is 17.4 Å². The number of para-hydroxylation sites is 1. The Morgan fingerprint density at radius 1 is 1.04 bits per heavy atom. The third-order valence-corrected chi connectivity index (χ3v) is 3.52. The first-order valence-corrected chi connectivity index (χ1v) is 8.43. The van der Waals surface area contributed by atoms with E-state index in [0.717, 1.165) is 11.4 Å². The van der Waals surface area contributed by atoms with Gasteiger partial charge in [-0.1, -0.05) is 12.1 Å². The van der Waals surface area contributed by atoms with Crippen LogP contribution >= 0.6 is 0 Å². The Morgan fingerprint density at radius 3 is 2.33 bits per heavy atom. The van der Waals surface area contributed by atoms with Crippen molar-refractivity contribution in [3.05, 3.63) is 72.3 Å². The second-order valence-corrected chi connectivity index (χ2v) is 6.05. The van der Waals surface area contributed by atoms with Crippen LogP contribution in [0.3, 0.4) is 0 Å². The van der Waals surface area contributed by atoms with Crippen molar-refractivity contribution in [1.29, 1.82) is 0 Å². The number of ether oxygens (including phenoxy) is 1. The van der Waals surface area contributed by atoms with Gasteiger partial charge in [-0.3, -0.25) is 4.79 Å². The molecule has 6 nitrogen and oxygen atoms in total. The molecule has 0 saturated carbocycles. The Kier molecular flexibility index (Phi) is 5.61. The third-order valence-electron chi connectivity index (χ3n) is 3.52. The molecule has 0 saturated heterocycles. The maximum absolute atomic E-state index is 13.6. The number of carbonyl (C=O) groups excluding carboxylic acids is 1. The lowest BCUT2D eigenvalue weighted by molar-refractivity contribution is 0.102. The van der Waals surface area contributed by atoms with E-state index in [1.165, 1.54) is 24.5 Å². The van der Waals surface area contributed by atoms with Crippen LogP contribution in [-0.2, 0) is 0 Å². The highest BCUT2D eigenvalue weighted by atomic mass is 19.1. The van der Waals surface area contributed by atoms with Crippen LogP contribution in [0.5, 0.6) is 5.75 Å². The molecule has 1 amide bonds. The number of nitrogens with zero attached hydrogens (tertiary/aromatic N) is 2. The molecule has 1 heterocycles. The van der Waals surface area contributed by atoms with E-state index in [4.69, 9.17) is 4.74 Å². The highest BCUT2D eigenvalue weighted by Gasteiger charge is 2.10. The summed E-state index contributed by atoms with van der Waals surface area (Å²) < 4.78 is 19.2. The molecule has 2 N–H and O–H groups in total. The van der Waals surface area contributed by atoms with E-state index in [9.17, 15) is 9.18 Å². The Balaban J connectivity index is 1.63. The van der Waals surface area contributed by atoms with Gasteiger partial charge in [0.2, 0.25) is 5.95 Å². The van der Waals surface area contributed by atoms with Crippen LogP contribution in [0.2, 0.25) is 0 Å². The van der Waals surface area contributed by atoms with E-state index in [1.54, 1.807) is 12.1 Å². The molecule has 27 heavy (non-hydrogen) atoms. The SMILES string of the molecule is CC(C)Oc1ccc(Nc2ncc(C(=O)Nc3ccccc3F)cn2)cc1. The lowest BCUT2D eigenvalue weighted by Gasteiger charge is -2.10. The molecule has 3 rings (SSSR count). The zero-order valence-corrected chi connectivity index (χ0v) is 14.9. The van der Waals surface area contributed by atoms with E-state index in [2.05, 4.69) is 20.6 Å². The molecule has 138 valence electrons. The number of halogens is 1. The molecular weight excluding hydrogens is 347 g/mol. The number of rotatable bonds is 6. The van der Waals surface area contributed by atoms with Crippen LogP contribution in [0.25, 0.3) is 0 Å². The summed E-state index contributed by atoms with van der Waals surface area (Å²) in [5, 5.41) is 5.53. The quantitative estimate of drug-likeness (QED) is 0.676. The van der Waals surface area contributed by atoms with Gasteiger partial charge in [0, 0.05) is 18.1 Å². The minimum Gasteiger partial charge on any atom is -0.491 e. The van der Waals surface area contributed by atoms with E-state index < -0.39 is 11.7 Å². The summed E-state index contributed by atoms with van der Waals surface area (Å²) in [5.74, 6) is 0.128. The van der Waals surface area contributed by atoms with Gasteiger partial charge in [-0.2, -0.15) is 0 Å². The third kappa shape index (κ3) is 5.01. The first-order valence-electron chi connectivity index (χ1n) is 8.43. The van der Waals surface area contributed by atoms with Gasteiger partial charge in [0.25, 0.3) is 5.91 Å². The molecule has 0 unspecified atom stereocenters. The maximum atomic E-state index is 13.6. The second-order valence-electron chi connectivity index (χ2n) is 6.05. The molecule has 1 aromatic heterocycles. The first-order chi connectivity index (χ1) is 13.0. The van der Waals surface area contributed by atoms with Crippen LogP contribution in [0, 0.1) is 5.82 Å². The fourth-order valence-corrected chi connectivity index (χ4v) is 2.29. The molecule has 7 heteroatoms. The smallest absolute Gasteiger partial charge is 0.258 e. The van der Waals surface area contributed by atoms with Gasteiger partial charge >= 0.3 is 0 Å². The monoisotopic (exact) mass is 366 g/mol. The van der Waals surface area contributed by atoms with Crippen LogP contribution in [0.4, 0.5) is 21.7 Å². The Labute approximate surface area is 156 Å². The summed E-state index contributed by atoms with van der Waals surface area (Å²) in [6.45, 7) is 3.92. The first kappa shape index (κ1) is 18.3. The number of carbonyl (C=O) groups is 1. The topological polar surface area (TPSA) is 76.1 Å². The number of benzene rings is 2. The zero-order chi connectivity index (χ0) is 19.2. The van der Waals surface area contributed by atoms with Crippen molar-refractivity contribution >= 4 is 23.2 Å². The molecule has 0 aliphatic rings. The van der Waals surface area contributed by atoms with E-state index >= 15 is 0 Å². The number of hydrogen-bond donors (Lipinski definition) is 2. The predicted molar refractivity (Wildman–Crippen MR) is 102 cm³/mol. The summed E-state index contributed by atoms with van der Waals surface area (Å²) in [6, 6.07) is 13.3. The van der Waals surface area contributed by atoms with Crippen molar-refractivity contribution in [3.63, 3.8) is 0 Å². The molecule has 3 aromatic rings. The lowest BCUT2D eigenvalue weighted by Crippen LogP contribution is -2.14. The minimum absolute atomic E-state index is 0.105. The molecule has 0 spiro atoms. The average Bonchev–Trinajstić information content (AvgIpc) is 2.65. The van der Waals surface area contributed by atoms with Gasteiger partial charge in [0.15, 0.2) is 0 Å². The summed E-state index contributed by atoms with van der Waals surface area (Å²) in [5.41, 5.74) is 1.12. The number of amides is 1. The highest BCUT2D eigenvalue weighted by Crippen LogP contribution is 2.19. The molecular formula is C20H19FN4O2. The fraction of sp³-hybridized carbons (Fsp3) is 0.150. The Morgan fingerprint density at radius 2 is 1.70 bits per heavy atom. The molecule has 0 aliphatic carbocycles. The van der Waals surface area contributed by atoms with Crippen LogP contribution in [-0.4, -0.2) is 22.0 Å². The van der Waals surface area contributed by atoms with Crippen molar-refractivity contribution < 1.29 is 13.9 Å². The van der Waals surface area contributed by atoms with Crippen LogP contribution in [0.15, 0.2) is 60.9 Å². The van der Waals surface area contributed by atoms with Crippen molar-refractivity contribution in [3.8, 4) is 5.75 Å². The molecule has 0 radical (unpaired) electrons. The van der Waals surface area contributed by atoms with Crippen molar-refractivity contribution in [2.24, 2.45) is 0 Å². The fourth-order valence-electron chi connectivity index (χ4n) is 2.29. The van der Waals surface area contributed by atoms with Crippen molar-refractivity contribution in [1.82, 2.24) is 9.97 Å². The lowest BCUT2D eigenvalue weighted by atomic mass is 10.2. The van der Waals surface area contributed by atoms with Gasteiger partial charge < -0.3 is 15.4 Å². The second kappa shape index (κ2) is 8.27. The summed E-state index contributed by atoms with van der Waals surface area (Å²) in [6.07, 6.45) is 2.86. The van der Waals surface area contributed by atoms with E-state index in [0.29, 0.717) is 5.95 Å². The number of nitrogens with one attached hydrogen (secondary N) is 2. The van der Waals surface area contributed by atoms with Gasteiger partial charge in [-0.25, -0.2) is 14.4 Å². The largest absolute Gasteiger partial charge is 0.491 e. The van der Waals surface area contributed by atoms with Gasteiger partial charge in [-0.15, -0.1) is 0 Å². The van der Waals surface area contributed by atoms with E-state index in [-0.39, 0.29) is 17.4 Å². The normalized spacial score (nSPS) is 10.5. The summed E-state index contributed by atoms with van der Waals surface area (Å²) in [4.78, 5) is 20.4. The van der Waals surface area contributed by atoms with Gasteiger partial charge in [-0.05, 0) is 50.2 Å². The highest BCUT2D eigenvalue weighted by molar-refractivity contribution is 6.03. The van der Waals surface area contributed by atoms with E-state index in [1.807, 2.05) is 38.1 Å². The molecule has 2 aromatic carbocycles. The number of hydrogen-bond acceptors (Lipinski definition) is 5. The van der Waals surface area contributed by atoms with Crippen LogP contribution in [0.1, 0.15) is 24.2 Å². The molecule has 0 aliphatic heterocycles. The maximum Gasteiger partial charge on any atom is 0.258 e.